The molecular weight excluding hydrogens is 256 g/mol. The van der Waals surface area contributed by atoms with E-state index in [2.05, 4.69) is 5.32 Å². The summed E-state index contributed by atoms with van der Waals surface area (Å²) >= 11 is 0. The molecule has 0 saturated carbocycles. The fraction of sp³-hybridized carbons (Fsp3) is 0.200. The molecule has 0 aliphatic carbocycles. The second-order valence-corrected chi connectivity index (χ2v) is 4.50. The SMILES string of the molecule is CC(=O)N(C)Cc1ccccc1NC(=O)c1ccoc1. The molecule has 0 radical (unpaired) electrons. The van der Waals surface area contributed by atoms with Gasteiger partial charge in [-0.25, -0.2) is 0 Å². The highest BCUT2D eigenvalue weighted by Crippen LogP contribution is 2.18. The van der Waals surface area contributed by atoms with E-state index in [1.165, 1.54) is 19.5 Å². The minimum atomic E-state index is -0.239. The van der Waals surface area contributed by atoms with Crippen LogP contribution in [-0.2, 0) is 11.3 Å². The molecule has 0 aliphatic rings. The van der Waals surface area contributed by atoms with E-state index in [1.807, 2.05) is 18.2 Å². The smallest absolute Gasteiger partial charge is 0.258 e. The van der Waals surface area contributed by atoms with E-state index >= 15 is 0 Å². The zero-order chi connectivity index (χ0) is 14.5. The molecule has 2 rings (SSSR count). The minimum Gasteiger partial charge on any atom is -0.472 e. The second kappa shape index (κ2) is 6.06. The molecule has 104 valence electrons. The van der Waals surface area contributed by atoms with Crippen molar-refractivity contribution in [2.75, 3.05) is 12.4 Å². The van der Waals surface area contributed by atoms with Gasteiger partial charge in [0.2, 0.25) is 5.91 Å². The number of nitrogens with one attached hydrogen (secondary N) is 1. The van der Waals surface area contributed by atoms with Crippen LogP contribution in [0.3, 0.4) is 0 Å². The summed E-state index contributed by atoms with van der Waals surface area (Å²) in [5.74, 6) is -0.266. The topological polar surface area (TPSA) is 62.6 Å². The fourth-order valence-electron chi connectivity index (χ4n) is 1.74. The first-order valence-electron chi connectivity index (χ1n) is 6.21. The molecule has 0 unspecified atom stereocenters. The van der Waals surface area contributed by atoms with Crippen molar-refractivity contribution in [3.05, 3.63) is 54.0 Å². The van der Waals surface area contributed by atoms with E-state index in [0.717, 1.165) is 5.56 Å². The zero-order valence-corrected chi connectivity index (χ0v) is 11.4. The van der Waals surface area contributed by atoms with Crippen LogP contribution in [0.25, 0.3) is 0 Å². The number of para-hydroxylation sites is 1. The van der Waals surface area contributed by atoms with E-state index in [0.29, 0.717) is 17.8 Å². The van der Waals surface area contributed by atoms with Gasteiger partial charge < -0.3 is 14.6 Å². The van der Waals surface area contributed by atoms with Crippen LogP contribution in [-0.4, -0.2) is 23.8 Å². The number of hydrogen-bond acceptors (Lipinski definition) is 3. The van der Waals surface area contributed by atoms with Crippen LogP contribution >= 0.6 is 0 Å². The first-order chi connectivity index (χ1) is 9.58. The summed E-state index contributed by atoms with van der Waals surface area (Å²) in [5.41, 5.74) is 2.02. The Morgan fingerprint density at radius 3 is 2.65 bits per heavy atom. The van der Waals surface area contributed by atoms with E-state index < -0.39 is 0 Å². The van der Waals surface area contributed by atoms with Crippen molar-refractivity contribution >= 4 is 17.5 Å². The first-order valence-corrected chi connectivity index (χ1v) is 6.21. The number of benzene rings is 1. The summed E-state index contributed by atoms with van der Waals surface area (Å²) in [6, 6.07) is 8.99. The quantitative estimate of drug-likeness (QED) is 0.930. The predicted molar refractivity (Wildman–Crippen MR) is 75.3 cm³/mol. The van der Waals surface area contributed by atoms with Gasteiger partial charge in [0.1, 0.15) is 6.26 Å². The lowest BCUT2D eigenvalue weighted by Gasteiger charge is -2.17. The molecule has 0 aliphatic heterocycles. The molecule has 2 aromatic rings. The van der Waals surface area contributed by atoms with Crippen molar-refractivity contribution < 1.29 is 14.0 Å². The van der Waals surface area contributed by atoms with E-state index in [4.69, 9.17) is 4.42 Å². The molecule has 0 atom stereocenters. The normalized spacial score (nSPS) is 10.1. The first kappa shape index (κ1) is 13.9. The number of carbonyl (C=O) groups excluding carboxylic acids is 2. The number of furan rings is 1. The lowest BCUT2D eigenvalue weighted by Crippen LogP contribution is -2.24. The summed E-state index contributed by atoms with van der Waals surface area (Å²) in [7, 11) is 1.72. The second-order valence-electron chi connectivity index (χ2n) is 4.50. The van der Waals surface area contributed by atoms with Crippen LogP contribution in [0.4, 0.5) is 5.69 Å². The number of rotatable bonds is 4. The molecule has 20 heavy (non-hydrogen) atoms. The van der Waals surface area contributed by atoms with Crippen LogP contribution in [0.2, 0.25) is 0 Å². The summed E-state index contributed by atoms with van der Waals surface area (Å²) in [5, 5.41) is 2.82. The standard InChI is InChI=1S/C15H16N2O3/c1-11(18)17(2)9-12-5-3-4-6-14(12)16-15(19)13-7-8-20-10-13/h3-8,10H,9H2,1-2H3,(H,16,19). The number of amides is 2. The molecule has 1 N–H and O–H groups in total. The van der Waals surface area contributed by atoms with Crippen molar-refractivity contribution in [2.45, 2.75) is 13.5 Å². The Labute approximate surface area is 117 Å². The Balaban J connectivity index is 2.16. The lowest BCUT2D eigenvalue weighted by atomic mass is 10.1. The molecule has 1 heterocycles. The number of hydrogen-bond donors (Lipinski definition) is 1. The van der Waals surface area contributed by atoms with Gasteiger partial charge in [0.05, 0.1) is 11.8 Å². The Hall–Kier alpha value is -2.56. The molecule has 0 fully saturated rings. The van der Waals surface area contributed by atoms with Gasteiger partial charge in [0.25, 0.3) is 5.91 Å². The van der Waals surface area contributed by atoms with Crippen molar-refractivity contribution in [3.63, 3.8) is 0 Å². The Morgan fingerprint density at radius 1 is 1.25 bits per heavy atom. The van der Waals surface area contributed by atoms with Crippen LogP contribution in [0.5, 0.6) is 0 Å². The molecule has 5 heteroatoms. The highest BCUT2D eigenvalue weighted by atomic mass is 16.3. The zero-order valence-electron chi connectivity index (χ0n) is 11.4. The largest absolute Gasteiger partial charge is 0.472 e. The maximum absolute atomic E-state index is 12.0. The van der Waals surface area contributed by atoms with Crippen molar-refractivity contribution in [2.24, 2.45) is 0 Å². The van der Waals surface area contributed by atoms with Gasteiger partial charge in [0, 0.05) is 26.2 Å². The maximum atomic E-state index is 12.0. The number of carbonyl (C=O) groups is 2. The monoisotopic (exact) mass is 272 g/mol. The molecule has 5 nitrogen and oxygen atoms in total. The van der Waals surface area contributed by atoms with Crippen LogP contribution < -0.4 is 5.32 Å². The molecule has 0 bridgehead atoms. The third kappa shape index (κ3) is 3.26. The van der Waals surface area contributed by atoms with Gasteiger partial charge in [-0.2, -0.15) is 0 Å². The molecule has 2 amide bonds. The third-order valence-corrected chi connectivity index (χ3v) is 2.99. The Kier molecular flexibility index (Phi) is 4.20. The van der Waals surface area contributed by atoms with Crippen LogP contribution in [0.1, 0.15) is 22.8 Å². The predicted octanol–water partition coefficient (Wildman–Crippen LogP) is 2.51. The Morgan fingerprint density at radius 2 is 2.00 bits per heavy atom. The van der Waals surface area contributed by atoms with Gasteiger partial charge >= 0.3 is 0 Å². The van der Waals surface area contributed by atoms with Gasteiger partial charge in [-0.3, -0.25) is 9.59 Å². The van der Waals surface area contributed by atoms with E-state index in [1.54, 1.807) is 24.1 Å². The molecule has 0 spiro atoms. The lowest BCUT2D eigenvalue weighted by molar-refractivity contribution is -0.128. The minimum absolute atomic E-state index is 0.0269. The highest BCUT2D eigenvalue weighted by molar-refractivity contribution is 6.04. The average molecular weight is 272 g/mol. The van der Waals surface area contributed by atoms with Gasteiger partial charge in [-0.1, -0.05) is 18.2 Å². The van der Waals surface area contributed by atoms with Crippen LogP contribution in [0.15, 0.2) is 47.3 Å². The van der Waals surface area contributed by atoms with Gasteiger partial charge in [-0.15, -0.1) is 0 Å². The molecule has 1 aromatic carbocycles. The third-order valence-electron chi connectivity index (χ3n) is 2.99. The summed E-state index contributed by atoms with van der Waals surface area (Å²) in [4.78, 5) is 24.9. The van der Waals surface area contributed by atoms with Crippen molar-refractivity contribution in [1.29, 1.82) is 0 Å². The van der Waals surface area contributed by atoms with Crippen molar-refractivity contribution in [1.82, 2.24) is 4.90 Å². The number of nitrogens with zero attached hydrogens (tertiary/aromatic N) is 1. The summed E-state index contributed by atoms with van der Waals surface area (Å²) < 4.78 is 4.89. The van der Waals surface area contributed by atoms with Gasteiger partial charge in [-0.05, 0) is 17.7 Å². The maximum Gasteiger partial charge on any atom is 0.258 e. The summed E-state index contributed by atoms with van der Waals surface area (Å²) in [6.07, 6.45) is 2.84. The molecule has 0 saturated heterocycles. The molecule has 1 aromatic heterocycles. The number of anilines is 1. The average Bonchev–Trinajstić information content (AvgIpc) is 2.94. The van der Waals surface area contributed by atoms with Crippen molar-refractivity contribution in [3.8, 4) is 0 Å². The summed E-state index contributed by atoms with van der Waals surface area (Å²) in [6.45, 7) is 1.95. The van der Waals surface area contributed by atoms with E-state index in [9.17, 15) is 9.59 Å². The van der Waals surface area contributed by atoms with E-state index in [-0.39, 0.29) is 11.8 Å². The fourth-order valence-corrected chi connectivity index (χ4v) is 1.74. The Bertz CT molecular complexity index is 605. The van der Waals surface area contributed by atoms with Gasteiger partial charge in [0.15, 0.2) is 0 Å². The highest BCUT2D eigenvalue weighted by Gasteiger charge is 2.11. The molecular formula is C15H16N2O3. The van der Waals surface area contributed by atoms with Crippen LogP contribution in [0, 0.1) is 0 Å².